The Kier molecular flexibility index (Phi) is 7.66. The van der Waals surface area contributed by atoms with E-state index in [0.29, 0.717) is 17.0 Å². The number of methoxy groups -OCH3 is 1. The summed E-state index contributed by atoms with van der Waals surface area (Å²) in [4.78, 5) is 32.4. The first-order valence-corrected chi connectivity index (χ1v) is 10.6. The second-order valence-electron chi connectivity index (χ2n) is 5.52. The summed E-state index contributed by atoms with van der Waals surface area (Å²) in [6.45, 7) is 5.35. The molecule has 1 saturated heterocycles. The van der Waals surface area contributed by atoms with Crippen LogP contribution in [0.1, 0.15) is 35.5 Å². The van der Waals surface area contributed by atoms with E-state index in [1.165, 1.54) is 18.4 Å². The second-order valence-corrected chi connectivity index (χ2v) is 7.41. The van der Waals surface area contributed by atoms with E-state index in [9.17, 15) is 9.59 Å². The normalized spacial score (nSPS) is 16.0. The van der Waals surface area contributed by atoms with Gasteiger partial charge in [0.1, 0.15) is 0 Å². The van der Waals surface area contributed by atoms with Crippen molar-refractivity contribution in [1.29, 1.82) is 0 Å². The summed E-state index contributed by atoms with van der Waals surface area (Å²) in [5.41, 5.74) is 0.672. The first kappa shape index (κ1) is 20.5. The van der Waals surface area contributed by atoms with Crippen LogP contribution in [-0.2, 0) is 9.53 Å². The Morgan fingerprint density at radius 3 is 2.81 bits per heavy atom. The van der Waals surface area contributed by atoms with Gasteiger partial charge in [-0.15, -0.1) is 11.8 Å². The SMILES string of the molecule is CC.COC(=O)C1CCN(c2ncc(C(=O)c3cccc(SC)c3)s2)C1. The summed E-state index contributed by atoms with van der Waals surface area (Å²) in [7, 11) is 1.41. The van der Waals surface area contributed by atoms with Crippen molar-refractivity contribution in [3.8, 4) is 0 Å². The molecular formula is C19H24N2O3S2. The van der Waals surface area contributed by atoms with Crippen LogP contribution in [0.2, 0.25) is 0 Å². The Morgan fingerprint density at radius 2 is 2.12 bits per heavy atom. The fourth-order valence-corrected chi connectivity index (χ4v) is 4.09. The van der Waals surface area contributed by atoms with E-state index in [4.69, 9.17) is 4.74 Å². The lowest BCUT2D eigenvalue weighted by Gasteiger charge is -2.13. The van der Waals surface area contributed by atoms with Gasteiger partial charge >= 0.3 is 5.97 Å². The van der Waals surface area contributed by atoms with E-state index < -0.39 is 0 Å². The van der Waals surface area contributed by atoms with Crippen molar-refractivity contribution in [1.82, 2.24) is 4.98 Å². The smallest absolute Gasteiger partial charge is 0.310 e. The van der Waals surface area contributed by atoms with Gasteiger partial charge in [0.2, 0.25) is 5.78 Å². The van der Waals surface area contributed by atoms with Crippen LogP contribution in [0.25, 0.3) is 0 Å². The summed E-state index contributed by atoms with van der Waals surface area (Å²) < 4.78 is 4.80. The number of anilines is 1. The standard InChI is InChI=1S/C17H18N2O3S2.C2H6/c1-22-16(21)12-6-7-19(10-12)17-18-9-14(24-17)15(20)11-4-3-5-13(8-11)23-2;1-2/h3-5,8-9,12H,6-7,10H2,1-2H3;1-2H3. The molecule has 1 unspecified atom stereocenters. The van der Waals surface area contributed by atoms with Crippen LogP contribution in [0.5, 0.6) is 0 Å². The molecule has 1 aliphatic heterocycles. The molecule has 1 atom stereocenters. The molecule has 0 N–H and O–H groups in total. The third-order valence-corrected chi connectivity index (χ3v) is 5.82. The molecule has 0 spiro atoms. The molecule has 0 bridgehead atoms. The molecule has 2 heterocycles. The predicted molar refractivity (Wildman–Crippen MR) is 107 cm³/mol. The maximum Gasteiger partial charge on any atom is 0.310 e. The highest BCUT2D eigenvalue weighted by Gasteiger charge is 2.30. The molecule has 0 amide bonds. The Morgan fingerprint density at radius 1 is 1.35 bits per heavy atom. The maximum absolute atomic E-state index is 12.6. The monoisotopic (exact) mass is 392 g/mol. The molecule has 1 aromatic carbocycles. The second kappa shape index (κ2) is 9.73. The van der Waals surface area contributed by atoms with Crippen molar-refractivity contribution in [2.24, 2.45) is 5.92 Å². The summed E-state index contributed by atoms with van der Waals surface area (Å²) >= 11 is 2.98. The van der Waals surface area contributed by atoms with Gasteiger partial charge in [0, 0.05) is 23.5 Å². The number of carbonyl (C=O) groups excluding carboxylic acids is 2. The number of rotatable bonds is 5. The van der Waals surface area contributed by atoms with E-state index in [0.717, 1.165) is 23.0 Å². The summed E-state index contributed by atoms with van der Waals surface area (Å²) in [5, 5.41) is 0.783. The lowest BCUT2D eigenvalue weighted by atomic mass is 10.1. The Bertz CT molecular complexity index is 761. The molecule has 2 aromatic rings. The number of ketones is 1. The van der Waals surface area contributed by atoms with Gasteiger partial charge in [-0.1, -0.05) is 37.3 Å². The van der Waals surface area contributed by atoms with Crippen molar-refractivity contribution < 1.29 is 14.3 Å². The number of ether oxygens (including phenoxy) is 1. The Balaban J connectivity index is 0.00000117. The minimum atomic E-state index is -0.181. The number of benzene rings is 1. The lowest BCUT2D eigenvalue weighted by molar-refractivity contribution is -0.144. The molecule has 1 fully saturated rings. The van der Waals surface area contributed by atoms with Crippen LogP contribution in [-0.4, -0.2) is 43.2 Å². The van der Waals surface area contributed by atoms with Crippen molar-refractivity contribution in [2.45, 2.75) is 25.2 Å². The molecule has 140 valence electrons. The average Bonchev–Trinajstić information content (AvgIpc) is 3.38. The van der Waals surface area contributed by atoms with E-state index in [1.807, 2.05) is 49.3 Å². The third-order valence-electron chi connectivity index (χ3n) is 4.04. The van der Waals surface area contributed by atoms with Gasteiger partial charge in [0.15, 0.2) is 5.13 Å². The molecule has 7 heteroatoms. The maximum atomic E-state index is 12.6. The van der Waals surface area contributed by atoms with Crippen molar-refractivity contribution >= 4 is 40.0 Å². The zero-order valence-electron chi connectivity index (χ0n) is 15.5. The Hall–Kier alpha value is -1.86. The van der Waals surface area contributed by atoms with Crippen LogP contribution >= 0.6 is 23.1 Å². The van der Waals surface area contributed by atoms with Crippen LogP contribution < -0.4 is 4.90 Å². The topological polar surface area (TPSA) is 59.5 Å². The van der Waals surface area contributed by atoms with Crippen LogP contribution in [0.3, 0.4) is 0 Å². The van der Waals surface area contributed by atoms with Crippen LogP contribution in [0.4, 0.5) is 5.13 Å². The fourth-order valence-electron chi connectivity index (χ4n) is 2.72. The number of thiazole rings is 1. The highest BCUT2D eigenvalue weighted by Crippen LogP contribution is 2.30. The molecule has 3 rings (SSSR count). The Labute approximate surface area is 162 Å². The lowest BCUT2D eigenvalue weighted by Crippen LogP contribution is -2.23. The number of thioether (sulfide) groups is 1. The van der Waals surface area contributed by atoms with E-state index >= 15 is 0 Å². The average molecular weight is 393 g/mol. The van der Waals surface area contributed by atoms with Gasteiger partial charge in [-0.25, -0.2) is 4.98 Å². The highest BCUT2D eigenvalue weighted by molar-refractivity contribution is 7.98. The molecule has 26 heavy (non-hydrogen) atoms. The fraction of sp³-hybridized carbons (Fsp3) is 0.421. The number of esters is 1. The number of carbonyl (C=O) groups is 2. The number of nitrogens with zero attached hydrogens (tertiary/aromatic N) is 2. The van der Waals surface area contributed by atoms with Gasteiger partial charge in [-0.05, 0) is 24.8 Å². The largest absolute Gasteiger partial charge is 0.469 e. The quantitative estimate of drug-likeness (QED) is 0.433. The summed E-state index contributed by atoms with van der Waals surface area (Å²) in [6, 6.07) is 7.60. The number of hydrogen-bond donors (Lipinski definition) is 0. The summed E-state index contributed by atoms with van der Waals surface area (Å²) in [5.74, 6) is -0.311. The molecule has 1 aromatic heterocycles. The zero-order valence-corrected chi connectivity index (χ0v) is 17.2. The molecule has 5 nitrogen and oxygen atoms in total. The van der Waals surface area contributed by atoms with E-state index in [1.54, 1.807) is 18.0 Å². The molecule has 0 saturated carbocycles. The highest BCUT2D eigenvalue weighted by atomic mass is 32.2. The third kappa shape index (κ3) is 4.65. The van der Waals surface area contributed by atoms with Crippen molar-refractivity contribution in [2.75, 3.05) is 31.4 Å². The van der Waals surface area contributed by atoms with Gasteiger partial charge in [0.25, 0.3) is 0 Å². The van der Waals surface area contributed by atoms with Crippen molar-refractivity contribution in [3.63, 3.8) is 0 Å². The predicted octanol–water partition coefficient (Wildman–Crippen LogP) is 4.12. The van der Waals surface area contributed by atoms with Gasteiger partial charge in [-0.3, -0.25) is 9.59 Å². The molecule has 0 aliphatic carbocycles. The summed E-state index contributed by atoms with van der Waals surface area (Å²) in [6.07, 6.45) is 4.37. The minimum absolute atomic E-state index is 0.0154. The van der Waals surface area contributed by atoms with E-state index in [2.05, 4.69) is 4.98 Å². The van der Waals surface area contributed by atoms with E-state index in [-0.39, 0.29) is 17.7 Å². The molecular weight excluding hydrogens is 368 g/mol. The number of hydrogen-bond acceptors (Lipinski definition) is 7. The van der Waals surface area contributed by atoms with Crippen LogP contribution in [0.15, 0.2) is 35.4 Å². The molecule has 1 aliphatic rings. The first-order chi connectivity index (χ1) is 12.6. The van der Waals surface area contributed by atoms with Gasteiger partial charge < -0.3 is 9.64 Å². The molecule has 0 radical (unpaired) electrons. The van der Waals surface area contributed by atoms with Gasteiger partial charge in [0.05, 0.1) is 24.1 Å². The van der Waals surface area contributed by atoms with Crippen LogP contribution in [0, 0.1) is 5.92 Å². The first-order valence-electron chi connectivity index (χ1n) is 8.59. The zero-order chi connectivity index (χ0) is 19.1. The van der Waals surface area contributed by atoms with Gasteiger partial charge in [-0.2, -0.15) is 0 Å². The minimum Gasteiger partial charge on any atom is -0.469 e. The number of aromatic nitrogens is 1. The van der Waals surface area contributed by atoms with Crippen molar-refractivity contribution in [3.05, 3.63) is 40.9 Å².